The van der Waals surface area contributed by atoms with Crippen molar-refractivity contribution in [1.82, 2.24) is 19.6 Å². The van der Waals surface area contributed by atoms with Crippen molar-refractivity contribution >= 4 is 11.8 Å². The highest BCUT2D eigenvalue weighted by atomic mass is 16.2. The van der Waals surface area contributed by atoms with Gasteiger partial charge in [-0.3, -0.25) is 14.3 Å². The topological polar surface area (TPSA) is 58.4 Å². The molecule has 0 atom stereocenters. The van der Waals surface area contributed by atoms with E-state index in [1.807, 2.05) is 27.6 Å². The minimum Gasteiger partial charge on any atom is -0.339 e. The lowest BCUT2D eigenvalue weighted by molar-refractivity contribution is -0.143. The van der Waals surface area contributed by atoms with Gasteiger partial charge >= 0.3 is 0 Å². The SMILES string of the molecule is Cc1cnn(CCC(=O)N2CCN(C(=O)C3CCCCC3)CC2)c1. The summed E-state index contributed by atoms with van der Waals surface area (Å²) < 4.78 is 1.82. The summed E-state index contributed by atoms with van der Waals surface area (Å²) in [7, 11) is 0. The molecule has 24 heavy (non-hydrogen) atoms. The number of piperazine rings is 1. The average molecular weight is 332 g/mol. The average Bonchev–Trinajstić information content (AvgIpc) is 3.05. The van der Waals surface area contributed by atoms with Crippen LogP contribution < -0.4 is 0 Å². The lowest BCUT2D eigenvalue weighted by Crippen LogP contribution is -2.52. The largest absolute Gasteiger partial charge is 0.339 e. The molecule has 1 aromatic rings. The normalized spacial score (nSPS) is 19.5. The van der Waals surface area contributed by atoms with E-state index in [-0.39, 0.29) is 11.8 Å². The van der Waals surface area contributed by atoms with E-state index in [4.69, 9.17) is 0 Å². The highest BCUT2D eigenvalue weighted by Gasteiger charge is 2.29. The summed E-state index contributed by atoms with van der Waals surface area (Å²) in [6.45, 7) is 5.30. The van der Waals surface area contributed by atoms with Crippen molar-refractivity contribution in [2.24, 2.45) is 5.92 Å². The molecule has 0 aromatic carbocycles. The highest BCUT2D eigenvalue weighted by molar-refractivity contribution is 5.80. The first-order valence-electron chi connectivity index (χ1n) is 9.19. The number of carbonyl (C=O) groups is 2. The van der Waals surface area contributed by atoms with Gasteiger partial charge in [0.1, 0.15) is 0 Å². The van der Waals surface area contributed by atoms with Gasteiger partial charge in [0, 0.05) is 51.3 Å². The predicted molar refractivity (Wildman–Crippen MR) is 91.3 cm³/mol. The first-order valence-corrected chi connectivity index (χ1v) is 9.19. The van der Waals surface area contributed by atoms with Gasteiger partial charge in [0.15, 0.2) is 0 Å². The van der Waals surface area contributed by atoms with Crippen LogP contribution in [0.5, 0.6) is 0 Å². The molecule has 0 spiro atoms. The van der Waals surface area contributed by atoms with E-state index < -0.39 is 0 Å². The number of amides is 2. The molecule has 0 radical (unpaired) electrons. The number of carbonyl (C=O) groups excluding carboxylic acids is 2. The molecular formula is C18H28N4O2. The van der Waals surface area contributed by atoms with Crippen LogP contribution in [0.4, 0.5) is 0 Å². The van der Waals surface area contributed by atoms with Crippen LogP contribution in [0.15, 0.2) is 12.4 Å². The molecule has 132 valence electrons. The van der Waals surface area contributed by atoms with E-state index in [2.05, 4.69) is 5.10 Å². The summed E-state index contributed by atoms with van der Waals surface area (Å²) in [6.07, 6.45) is 9.94. The summed E-state index contributed by atoms with van der Waals surface area (Å²) >= 11 is 0. The van der Waals surface area contributed by atoms with E-state index in [1.54, 1.807) is 6.20 Å². The number of nitrogens with zero attached hydrogens (tertiary/aromatic N) is 4. The molecule has 2 aliphatic rings. The van der Waals surface area contributed by atoms with Gasteiger partial charge in [-0.25, -0.2) is 0 Å². The third-order valence-corrected chi connectivity index (χ3v) is 5.22. The highest BCUT2D eigenvalue weighted by Crippen LogP contribution is 2.25. The monoisotopic (exact) mass is 332 g/mol. The van der Waals surface area contributed by atoms with E-state index in [9.17, 15) is 9.59 Å². The zero-order chi connectivity index (χ0) is 16.9. The first-order chi connectivity index (χ1) is 11.6. The lowest BCUT2D eigenvalue weighted by atomic mass is 9.88. The van der Waals surface area contributed by atoms with E-state index >= 15 is 0 Å². The number of hydrogen-bond acceptors (Lipinski definition) is 3. The molecule has 1 aliphatic heterocycles. The summed E-state index contributed by atoms with van der Waals surface area (Å²) in [6, 6.07) is 0. The van der Waals surface area contributed by atoms with Crippen molar-refractivity contribution in [3.05, 3.63) is 18.0 Å². The maximum atomic E-state index is 12.6. The first kappa shape index (κ1) is 17.0. The van der Waals surface area contributed by atoms with Gasteiger partial charge in [0.2, 0.25) is 11.8 Å². The molecule has 2 amide bonds. The standard InChI is InChI=1S/C18H28N4O2/c1-15-13-19-22(14-15)8-7-17(23)20-9-11-21(12-10-20)18(24)16-5-3-2-4-6-16/h13-14,16H,2-12H2,1H3. The fraction of sp³-hybridized carbons (Fsp3) is 0.722. The summed E-state index contributed by atoms with van der Waals surface area (Å²) in [5.41, 5.74) is 1.11. The molecule has 1 saturated heterocycles. The van der Waals surface area contributed by atoms with Gasteiger partial charge in [0.25, 0.3) is 0 Å². The smallest absolute Gasteiger partial charge is 0.225 e. The molecule has 0 bridgehead atoms. The van der Waals surface area contributed by atoms with E-state index in [1.165, 1.54) is 19.3 Å². The van der Waals surface area contributed by atoms with Crippen molar-refractivity contribution in [3.63, 3.8) is 0 Å². The molecule has 0 unspecified atom stereocenters. The van der Waals surface area contributed by atoms with Crippen LogP contribution >= 0.6 is 0 Å². The second-order valence-corrected chi connectivity index (χ2v) is 7.07. The third kappa shape index (κ3) is 4.16. The number of aromatic nitrogens is 2. The molecule has 2 fully saturated rings. The predicted octanol–water partition coefficient (Wildman–Crippen LogP) is 1.83. The molecule has 0 N–H and O–H groups in total. The maximum absolute atomic E-state index is 12.6. The molecule has 6 heteroatoms. The van der Waals surface area contributed by atoms with Crippen LogP contribution in [0, 0.1) is 12.8 Å². The molecule has 1 aromatic heterocycles. The zero-order valence-corrected chi connectivity index (χ0v) is 14.6. The molecular weight excluding hydrogens is 304 g/mol. The molecule has 3 rings (SSSR count). The van der Waals surface area contributed by atoms with Gasteiger partial charge in [-0.2, -0.15) is 5.10 Å². The zero-order valence-electron chi connectivity index (χ0n) is 14.6. The van der Waals surface area contributed by atoms with Crippen LogP contribution in [-0.4, -0.2) is 57.6 Å². The van der Waals surface area contributed by atoms with Crippen molar-refractivity contribution in [2.45, 2.75) is 52.0 Å². The Bertz CT molecular complexity index is 569. The second-order valence-electron chi connectivity index (χ2n) is 7.07. The second kappa shape index (κ2) is 7.81. The quantitative estimate of drug-likeness (QED) is 0.845. The van der Waals surface area contributed by atoms with Gasteiger partial charge in [-0.1, -0.05) is 19.3 Å². The number of hydrogen-bond donors (Lipinski definition) is 0. The Hall–Kier alpha value is -1.85. The van der Waals surface area contributed by atoms with E-state index in [0.29, 0.717) is 45.1 Å². The van der Waals surface area contributed by atoms with Crippen molar-refractivity contribution < 1.29 is 9.59 Å². The molecule has 6 nitrogen and oxygen atoms in total. The number of aryl methyl sites for hydroxylation is 2. The van der Waals surface area contributed by atoms with Gasteiger partial charge in [0.05, 0.1) is 6.20 Å². The minimum absolute atomic E-state index is 0.160. The summed E-state index contributed by atoms with van der Waals surface area (Å²) in [5.74, 6) is 0.700. The van der Waals surface area contributed by atoms with Gasteiger partial charge < -0.3 is 9.80 Å². The Labute approximate surface area is 143 Å². The maximum Gasteiger partial charge on any atom is 0.225 e. The van der Waals surface area contributed by atoms with Gasteiger partial charge in [-0.05, 0) is 25.3 Å². The van der Waals surface area contributed by atoms with Crippen molar-refractivity contribution in [3.8, 4) is 0 Å². The third-order valence-electron chi connectivity index (χ3n) is 5.22. The molecule has 1 saturated carbocycles. The Morgan fingerprint density at radius 3 is 2.38 bits per heavy atom. The van der Waals surface area contributed by atoms with Crippen LogP contribution in [0.1, 0.15) is 44.1 Å². The Balaban J connectivity index is 1.42. The van der Waals surface area contributed by atoms with Crippen LogP contribution in [0.2, 0.25) is 0 Å². The molecule has 1 aliphatic carbocycles. The van der Waals surface area contributed by atoms with Crippen LogP contribution in [0.25, 0.3) is 0 Å². The summed E-state index contributed by atoms with van der Waals surface area (Å²) in [4.78, 5) is 28.8. The van der Waals surface area contributed by atoms with Gasteiger partial charge in [-0.15, -0.1) is 0 Å². The van der Waals surface area contributed by atoms with E-state index in [0.717, 1.165) is 18.4 Å². The minimum atomic E-state index is 0.160. The Kier molecular flexibility index (Phi) is 5.53. The Morgan fingerprint density at radius 2 is 1.75 bits per heavy atom. The molecule has 2 heterocycles. The fourth-order valence-corrected chi connectivity index (χ4v) is 3.74. The van der Waals surface area contributed by atoms with Crippen molar-refractivity contribution in [2.75, 3.05) is 26.2 Å². The number of rotatable bonds is 4. The van der Waals surface area contributed by atoms with Crippen LogP contribution in [0.3, 0.4) is 0 Å². The van der Waals surface area contributed by atoms with Crippen molar-refractivity contribution in [1.29, 1.82) is 0 Å². The Morgan fingerprint density at radius 1 is 1.08 bits per heavy atom. The lowest BCUT2D eigenvalue weighted by Gasteiger charge is -2.37. The summed E-state index contributed by atoms with van der Waals surface area (Å²) in [5, 5.41) is 4.21. The fourth-order valence-electron chi connectivity index (χ4n) is 3.74. The van der Waals surface area contributed by atoms with Crippen LogP contribution in [-0.2, 0) is 16.1 Å².